The summed E-state index contributed by atoms with van der Waals surface area (Å²) in [4.78, 5) is 33.8. The molecule has 0 saturated heterocycles. The molecule has 1 rings (SSSR count). The van der Waals surface area contributed by atoms with E-state index in [2.05, 4.69) is 10.6 Å². The largest absolute Gasteiger partial charge is 0.481 e. The van der Waals surface area contributed by atoms with Gasteiger partial charge in [-0.3, -0.25) is 14.9 Å². The molecule has 0 spiro atoms. The average Bonchev–Trinajstić information content (AvgIpc) is 2.97. The molecular weight excluding hydrogens is 236 g/mol. The second-order valence-corrected chi connectivity index (χ2v) is 5.51. The molecule has 18 heavy (non-hydrogen) atoms. The summed E-state index contributed by atoms with van der Waals surface area (Å²) in [6.07, 6.45) is 1.97. The van der Waals surface area contributed by atoms with Gasteiger partial charge in [-0.05, 0) is 39.5 Å². The Labute approximate surface area is 106 Å². The van der Waals surface area contributed by atoms with Crippen LogP contribution in [0.25, 0.3) is 0 Å². The third-order valence-electron chi connectivity index (χ3n) is 3.12. The summed E-state index contributed by atoms with van der Waals surface area (Å²) >= 11 is 0. The fourth-order valence-electron chi connectivity index (χ4n) is 1.60. The third-order valence-corrected chi connectivity index (χ3v) is 3.12. The van der Waals surface area contributed by atoms with E-state index in [0.717, 1.165) is 12.8 Å². The number of aliphatic carboxylic acids is 1. The van der Waals surface area contributed by atoms with Crippen molar-refractivity contribution >= 4 is 17.9 Å². The summed E-state index contributed by atoms with van der Waals surface area (Å²) in [5.41, 5.74) is -1.17. The highest BCUT2D eigenvalue weighted by Crippen LogP contribution is 2.32. The second-order valence-electron chi connectivity index (χ2n) is 5.51. The summed E-state index contributed by atoms with van der Waals surface area (Å²) in [5, 5.41) is 13.7. The molecule has 3 amide bonds. The van der Waals surface area contributed by atoms with Gasteiger partial charge in [0.05, 0.1) is 5.41 Å². The van der Waals surface area contributed by atoms with Gasteiger partial charge in [0.25, 0.3) is 0 Å². The van der Waals surface area contributed by atoms with Crippen LogP contribution in [0.2, 0.25) is 0 Å². The lowest BCUT2D eigenvalue weighted by atomic mass is 9.89. The molecule has 6 heteroatoms. The molecule has 0 aromatic rings. The summed E-state index contributed by atoms with van der Waals surface area (Å²) in [7, 11) is 0. The topological polar surface area (TPSA) is 95.5 Å². The number of urea groups is 1. The molecule has 1 aliphatic carbocycles. The first-order valence-corrected chi connectivity index (χ1v) is 6.06. The Morgan fingerprint density at radius 3 is 2.33 bits per heavy atom. The van der Waals surface area contributed by atoms with Crippen LogP contribution in [-0.4, -0.2) is 29.1 Å². The van der Waals surface area contributed by atoms with Crippen molar-refractivity contribution in [3.8, 4) is 0 Å². The Hall–Kier alpha value is -1.59. The second kappa shape index (κ2) is 5.37. The average molecular weight is 256 g/mol. The standard InChI is InChI=1S/C12H20N2O4/c1-7(8-4-5-8)13-11(18)14-9(15)6-12(2,3)10(16)17/h7-8H,4-6H2,1-3H3,(H,16,17)(H2,13,14,15,18). The van der Waals surface area contributed by atoms with Gasteiger partial charge in [-0.25, -0.2) is 4.79 Å². The number of carboxylic acid groups (broad SMARTS) is 1. The van der Waals surface area contributed by atoms with Crippen LogP contribution in [0.15, 0.2) is 0 Å². The Balaban J connectivity index is 2.35. The van der Waals surface area contributed by atoms with E-state index in [1.807, 2.05) is 6.92 Å². The van der Waals surface area contributed by atoms with Crippen LogP contribution in [0.4, 0.5) is 4.79 Å². The number of imide groups is 1. The summed E-state index contributed by atoms with van der Waals surface area (Å²) in [5.74, 6) is -1.14. The first-order chi connectivity index (χ1) is 8.22. The van der Waals surface area contributed by atoms with Crippen LogP contribution < -0.4 is 10.6 Å². The van der Waals surface area contributed by atoms with Crippen molar-refractivity contribution in [2.45, 2.75) is 46.1 Å². The Bertz CT molecular complexity index is 361. The minimum atomic E-state index is -1.17. The zero-order chi connectivity index (χ0) is 13.9. The number of carbonyl (C=O) groups excluding carboxylic acids is 2. The van der Waals surface area contributed by atoms with E-state index in [1.54, 1.807) is 0 Å². The van der Waals surface area contributed by atoms with Gasteiger partial charge in [0, 0.05) is 12.5 Å². The zero-order valence-electron chi connectivity index (χ0n) is 10.9. The highest BCUT2D eigenvalue weighted by molar-refractivity contribution is 5.96. The first kappa shape index (κ1) is 14.5. The van der Waals surface area contributed by atoms with Gasteiger partial charge in [-0.15, -0.1) is 0 Å². The molecule has 6 nitrogen and oxygen atoms in total. The quantitative estimate of drug-likeness (QED) is 0.686. The predicted molar refractivity (Wildman–Crippen MR) is 64.9 cm³/mol. The first-order valence-electron chi connectivity index (χ1n) is 6.06. The Morgan fingerprint density at radius 1 is 1.33 bits per heavy atom. The number of carbonyl (C=O) groups is 3. The number of carboxylic acids is 1. The van der Waals surface area contributed by atoms with Crippen molar-refractivity contribution in [3.63, 3.8) is 0 Å². The molecule has 1 saturated carbocycles. The van der Waals surface area contributed by atoms with E-state index in [1.165, 1.54) is 13.8 Å². The van der Waals surface area contributed by atoms with Crippen LogP contribution in [-0.2, 0) is 9.59 Å². The SMILES string of the molecule is CC(NC(=O)NC(=O)CC(C)(C)C(=O)O)C1CC1. The molecule has 3 N–H and O–H groups in total. The summed E-state index contributed by atoms with van der Waals surface area (Å²) < 4.78 is 0. The van der Waals surface area contributed by atoms with E-state index in [4.69, 9.17) is 5.11 Å². The molecular formula is C12H20N2O4. The van der Waals surface area contributed by atoms with Crippen molar-refractivity contribution < 1.29 is 19.5 Å². The molecule has 0 radical (unpaired) electrons. The van der Waals surface area contributed by atoms with Gasteiger partial charge in [0.2, 0.25) is 5.91 Å². The van der Waals surface area contributed by atoms with Crippen LogP contribution in [0.1, 0.15) is 40.0 Å². The zero-order valence-corrected chi connectivity index (χ0v) is 10.9. The number of hydrogen-bond donors (Lipinski definition) is 3. The maximum absolute atomic E-state index is 11.5. The van der Waals surface area contributed by atoms with Gasteiger partial charge in [-0.1, -0.05) is 0 Å². The monoisotopic (exact) mass is 256 g/mol. The number of hydrogen-bond acceptors (Lipinski definition) is 3. The molecule has 0 aromatic carbocycles. The lowest BCUT2D eigenvalue weighted by Crippen LogP contribution is -2.45. The number of amides is 3. The van der Waals surface area contributed by atoms with E-state index in [0.29, 0.717) is 5.92 Å². The van der Waals surface area contributed by atoms with Gasteiger partial charge in [-0.2, -0.15) is 0 Å². The van der Waals surface area contributed by atoms with Gasteiger partial charge >= 0.3 is 12.0 Å². The van der Waals surface area contributed by atoms with Crippen molar-refractivity contribution in [3.05, 3.63) is 0 Å². The highest BCUT2D eigenvalue weighted by Gasteiger charge is 2.32. The summed E-state index contributed by atoms with van der Waals surface area (Å²) in [6.45, 7) is 4.78. The predicted octanol–water partition coefficient (Wildman–Crippen LogP) is 1.11. The van der Waals surface area contributed by atoms with Crippen LogP contribution >= 0.6 is 0 Å². The molecule has 0 aliphatic heterocycles. The van der Waals surface area contributed by atoms with Crippen LogP contribution in [0.3, 0.4) is 0 Å². The van der Waals surface area contributed by atoms with Crippen molar-refractivity contribution in [1.82, 2.24) is 10.6 Å². The van der Waals surface area contributed by atoms with Crippen LogP contribution in [0.5, 0.6) is 0 Å². The lowest BCUT2D eigenvalue weighted by Gasteiger charge is -2.18. The van der Waals surface area contributed by atoms with E-state index in [-0.39, 0.29) is 12.5 Å². The fourth-order valence-corrected chi connectivity index (χ4v) is 1.60. The molecule has 0 aromatic heterocycles. The highest BCUT2D eigenvalue weighted by atomic mass is 16.4. The number of rotatable bonds is 5. The Morgan fingerprint density at radius 2 is 1.89 bits per heavy atom. The van der Waals surface area contributed by atoms with E-state index >= 15 is 0 Å². The van der Waals surface area contributed by atoms with Crippen LogP contribution in [0, 0.1) is 11.3 Å². The van der Waals surface area contributed by atoms with E-state index < -0.39 is 23.3 Å². The normalized spacial score (nSPS) is 16.8. The maximum Gasteiger partial charge on any atom is 0.321 e. The fraction of sp³-hybridized carbons (Fsp3) is 0.750. The van der Waals surface area contributed by atoms with Crippen molar-refractivity contribution in [2.75, 3.05) is 0 Å². The van der Waals surface area contributed by atoms with Gasteiger partial charge in [0.15, 0.2) is 0 Å². The Kier molecular flexibility index (Phi) is 4.32. The smallest absolute Gasteiger partial charge is 0.321 e. The lowest BCUT2D eigenvalue weighted by molar-refractivity contribution is -0.149. The molecule has 1 fully saturated rings. The summed E-state index contributed by atoms with van der Waals surface area (Å²) in [6, 6.07) is -0.508. The number of nitrogens with one attached hydrogen (secondary N) is 2. The maximum atomic E-state index is 11.5. The molecule has 0 bridgehead atoms. The molecule has 1 atom stereocenters. The van der Waals surface area contributed by atoms with E-state index in [9.17, 15) is 14.4 Å². The molecule has 0 heterocycles. The minimum Gasteiger partial charge on any atom is -0.481 e. The third kappa shape index (κ3) is 4.35. The van der Waals surface area contributed by atoms with Gasteiger partial charge in [0.1, 0.15) is 0 Å². The van der Waals surface area contributed by atoms with Gasteiger partial charge < -0.3 is 10.4 Å². The minimum absolute atomic E-state index is 0.0466. The molecule has 1 unspecified atom stereocenters. The molecule has 102 valence electrons. The van der Waals surface area contributed by atoms with Crippen molar-refractivity contribution in [1.29, 1.82) is 0 Å². The molecule has 1 aliphatic rings. The van der Waals surface area contributed by atoms with Crippen molar-refractivity contribution in [2.24, 2.45) is 11.3 Å².